The monoisotopic (exact) mass is 168 g/mol. The molecule has 0 heterocycles. The number of alkyl halides is 2. The summed E-state index contributed by atoms with van der Waals surface area (Å²) in [7, 11) is 0. The first-order chi connectivity index (χ1) is 4.83. The van der Waals surface area contributed by atoms with Gasteiger partial charge in [-0.05, 0) is 12.8 Å². The number of hydrogen-bond acceptors (Lipinski definition) is 0. The second kappa shape index (κ2) is 16.1. The molecule has 0 aliphatic carbocycles. The van der Waals surface area contributed by atoms with Gasteiger partial charge in [-0.15, -0.1) is 11.6 Å². The average Bonchev–Trinajstić information content (AvgIpc) is 1.93. The second-order valence-corrected chi connectivity index (χ2v) is 2.46. The molecule has 0 aliphatic heterocycles. The Balaban J connectivity index is 0. The highest BCUT2D eigenvalue weighted by molar-refractivity contribution is 6.17. The minimum atomic E-state index is -0.156. The number of rotatable bonds is 4. The van der Waals surface area contributed by atoms with Gasteiger partial charge in [-0.25, -0.2) is 0 Å². The maximum absolute atomic E-state index is 11.0. The molecule has 2 heteroatoms. The maximum atomic E-state index is 11.0. The van der Waals surface area contributed by atoms with Gasteiger partial charge in [0.1, 0.15) is 0 Å². The molecule has 0 spiro atoms. The van der Waals surface area contributed by atoms with Crippen LogP contribution in [0.3, 0.4) is 0 Å². The fraction of sp³-hybridized carbons (Fsp3) is 1.00. The van der Waals surface area contributed by atoms with Crippen molar-refractivity contribution in [3.8, 4) is 0 Å². The molecule has 0 aromatic carbocycles. The topological polar surface area (TPSA) is 0 Å². The minimum Gasteiger partial charge on any atom is -0.251 e. The minimum absolute atomic E-state index is 0.156. The van der Waals surface area contributed by atoms with E-state index < -0.39 is 0 Å². The van der Waals surface area contributed by atoms with E-state index in [4.69, 9.17) is 11.6 Å². The fourth-order valence-electron chi connectivity index (χ4n) is 0.267. The van der Waals surface area contributed by atoms with Crippen molar-refractivity contribution in [2.75, 3.05) is 12.6 Å². The van der Waals surface area contributed by atoms with Crippen molar-refractivity contribution in [3.63, 3.8) is 0 Å². The van der Waals surface area contributed by atoms with Crippen LogP contribution in [0.1, 0.15) is 39.5 Å². The van der Waals surface area contributed by atoms with Crippen LogP contribution in [0.5, 0.6) is 0 Å². The highest BCUT2D eigenvalue weighted by Gasteiger charge is 1.71. The van der Waals surface area contributed by atoms with Crippen LogP contribution >= 0.6 is 11.6 Å². The summed E-state index contributed by atoms with van der Waals surface area (Å²) in [5.74, 6) is 0.816. The molecule has 0 aromatic heterocycles. The molecule has 0 rings (SSSR count). The van der Waals surface area contributed by atoms with Crippen molar-refractivity contribution in [1.82, 2.24) is 0 Å². The zero-order valence-corrected chi connectivity index (χ0v) is 7.75. The smallest absolute Gasteiger partial charge is 0.0894 e. The zero-order valence-electron chi connectivity index (χ0n) is 7.00. The van der Waals surface area contributed by atoms with Crippen LogP contribution < -0.4 is 0 Å². The van der Waals surface area contributed by atoms with E-state index in [1.165, 1.54) is 6.42 Å². The van der Waals surface area contributed by atoms with Crippen LogP contribution in [0.4, 0.5) is 4.39 Å². The van der Waals surface area contributed by atoms with E-state index in [9.17, 15) is 4.39 Å². The van der Waals surface area contributed by atoms with Crippen molar-refractivity contribution >= 4 is 11.6 Å². The van der Waals surface area contributed by atoms with Crippen molar-refractivity contribution in [3.05, 3.63) is 0 Å². The van der Waals surface area contributed by atoms with Gasteiger partial charge in [0.15, 0.2) is 0 Å². The molecule has 0 bridgehead atoms. The molecule has 0 saturated carbocycles. The predicted molar refractivity (Wildman–Crippen MR) is 46.5 cm³/mol. The third kappa shape index (κ3) is 24.1. The summed E-state index contributed by atoms with van der Waals surface area (Å²) in [5.41, 5.74) is 0. The second-order valence-electron chi connectivity index (χ2n) is 2.09. The first-order valence-electron chi connectivity index (χ1n) is 3.95. The normalized spacial score (nSPS) is 8.40. The lowest BCUT2D eigenvalue weighted by Crippen LogP contribution is -1.67. The summed E-state index contributed by atoms with van der Waals surface area (Å²) in [4.78, 5) is 0. The largest absolute Gasteiger partial charge is 0.251 e. The van der Waals surface area contributed by atoms with Crippen LogP contribution in [-0.2, 0) is 0 Å². The summed E-state index contributed by atoms with van der Waals surface area (Å²) in [6.45, 7) is 3.94. The van der Waals surface area contributed by atoms with Gasteiger partial charge in [0.25, 0.3) is 0 Å². The van der Waals surface area contributed by atoms with Gasteiger partial charge >= 0.3 is 0 Å². The van der Waals surface area contributed by atoms with E-state index in [2.05, 4.69) is 6.92 Å². The molecule has 0 nitrogen and oxygen atoms in total. The Morgan fingerprint density at radius 3 is 1.60 bits per heavy atom. The van der Waals surface area contributed by atoms with Gasteiger partial charge < -0.3 is 0 Å². The fourth-order valence-corrected chi connectivity index (χ4v) is 0.535. The molecular formula is C8H18ClF. The lowest BCUT2D eigenvalue weighted by molar-refractivity contribution is 0.469. The third-order valence-corrected chi connectivity index (χ3v) is 1.24. The predicted octanol–water partition coefficient (Wildman–Crippen LogP) is 3.78. The molecule has 0 unspecified atom stereocenters. The summed E-state index contributed by atoms with van der Waals surface area (Å²) in [6.07, 6.45) is 4.06. The Labute approximate surface area is 68.8 Å². The van der Waals surface area contributed by atoms with Gasteiger partial charge in [-0.2, -0.15) is 0 Å². The summed E-state index contributed by atoms with van der Waals surface area (Å²) in [6, 6.07) is 0. The molecule has 0 amide bonds. The maximum Gasteiger partial charge on any atom is 0.0894 e. The van der Waals surface area contributed by atoms with Crippen molar-refractivity contribution in [2.45, 2.75) is 39.5 Å². The summed E-state index contributed by atoms with van der Waals surface area (Å²) >= 11 is 5.30. The van der Waals surface area contributed by atoms with Gasteiger partial charge in [-0.1, -0.05) is 26.7 Å². The van der Waals surface area contributed by atoms with E-state index in [0.717, 1.165) is 25.1 Å². The van der Waals surface area contributed by atoms with Gasteiger partial charge in [0, 0.05) is 5.88 Å². The van der Waals surface area contributed by atoms with Crippen LogP contribution in [0.15, 0.2) is 0 Å². The molecular weight excluding hydrogens is 151 g/mol. The molecule has 0 radical (unpaired) electrons. The Morgan fingerprint density at radius 2 is 1.60 bits per heavy atom. The molecule has 0 fully saturated rings. The van der Waals surface area contributed by atoms with E-state index in [-0.39, 0.29) is 6.67 Å². The van der Waals surface area contributed by atoms with Gasteiger partial charge in [-0.3, -0.25) is 4.39 Å². The average molecular weight is 169 g/mol. The molecule has 0 saturated heterocycles. The lowest BCUT2D eigenvalue weighted by atomic mass is 10.4. The molecule has 0 atom stereocenters. The summed E-state index contributed by atoms with van der Waals surface area (Å²) in [5, 5.41) is 0. The Morgan fingerprint density at radius 1 is 1.10 bits per heavy atom. The SMILES string of the molecule is CCCCCl.CCCCF. The molecule has 64 valence electrons. The van der Waals surface area contributed by atoms with E-state index in [0.29, 0.717) is 0 Å². The zero-order chi connectivity index (χ0) is 8.24. The summed E-state index contributed by atoms with van der Waals surface area (Å²) < 4.78 is 11.0. The highest BCUT2D eigenvalue weighted by atomic mass is 35.5. The number of halogens is 2. The van der Waals surface area contributed by atoms with Crippen molar-refractivity contribution in [1.29, 1.82) is 0 Å². The lowest BCUT2D eigenvalue weighted by Gasteiger charge is -1.77. The molecule has 0 aliphatic rings. The highest BCUT2D eigenvalue weighted by Crippen LogP contribution is 1.86. The van der Waals surface area contributed by atoms with Gasteiger partial charge in [0.2, 0.25) is 0 Å². The first-order valence-corrected chi connectivity index (χ1v) is 4.48. The molecule has 10 heavy (non-hydrogen) atoms. The van der Waals surface area contributed by atoms with Crippen LogP contribution in [-0.4, -0.2) is 12.6 Å². The van der Waals surface area contributed by atoms with E-state index in [1.54, 1.807) is 0 Å². The quantitative estimate of drug-likeness (QED) is 0.561. The van der Waals surface area contributed by atoms with E-state index >= 15 is 0 Å². The molecule has 0 N–H and O–H groups in total. The van der Waals surface area contributed by atoms with E-state index in [1.807, 2.05) is 6.92 Å². The third-order valence-electron chi connectivity index (χ3n) is 0.974. The Hall–Kier alpha value is 0.220. The van der Waals surface area contributed by atoms with Crippen LogP contribution in [0.25, 0.3) is 0 Å². The van der Waals surface area contributed by atoms with Crippen molar-refractivity contribution < 1.29 is 4.39 Å². The van der Waals surface area contributed by atoms with Gasteiger partial charge in [0.05, 0.1) is 6.67 Å². The van der Waals surface area contributed by atoms with Crippen molar-refractivity contribution in [2.24, 2.45) is 0 Å². The Kier molecular flexibility index (Phi) is 20.7. The Bertz CT molecular complexity index is 30.2. The first kappa shape index (κ1) is 12.9. The van der Waals surface area contributed by atoms with Crippen LogP contribution in [0, 0.1) is 0 Å². The number of unbranched alkanes of at least 4 members (excludes halogenated alkanes) is 2. The number of hydrogen-bond donors (Lipinski definition) is 0. The van der Waals surface area contributed by atoms with Crippen LogP contribution in [0.2, 0.25) is 0 Å². The molecule has 0 aromatic rings. The standard InChI is InChI=1S/C4H9Cl.C4H9F/c2*1-2-3-4-5/h2*2-4H2,1H3.